The molecule has 2 aliphatic heterocycles. The Hall–Kier alpha value is -3.34. The van der Waals surface area contributed by atoms with Crippen molar-refractivity contribution in [1.29, 1.82) is 0 Å². The fourth-order valence-corrected chi connectivity index (χ4v) is 6.37. The van der Waals surface area contributed by atoms with Crippen LogP contribution in [0.25, 0.3) is 0 Å². The Kier molecular flexibility index (Phi) is 9.16. The lowest BCUT2D eigenvalue weighted by Crippen LogP contribution is -2.59. The fraction of sp³-hybridized carbons (Fsp3) is 0.621. The average Bonchev–Trinajstić information content (AvgIpc) is 3.27. The summed E-state index contributed by atoms with van der Waals surface area (Å²) in [6.45, 7) is 8.25. The van der Waals surface area contributed by atoms with E-state index in [1.807, 2.05) is 0 Å². The molecule has 4 amide bonds. The highest BCUT2D eigenvalue weighted by atomic mass is 35.5. The van der Waals surface area contributed by atoms with Gasteiger partial charge in [-0.2, -0.15) is 0 Å². The Morgan fingerprint density at radius 1 is 1.20 bits per heavy atom. The quantitative estimate of drug-likeness (QED) is 0.358. The molecule has 2 heterocycles. The minimum atomic E-state index is -0.998. The summed E-state index contributed by atoms with van der Waals surface area (Å²) in [5, 5.41) is 8.69. The number of fused-ring (bicyclic) bond motifs is 1. The SMILES string of the molecule is COC(=O)N[C@H](C(=O)N1C[C@H]2[C@@H]([C@H]1C(=O)N[C@@H](C[C@@H]1CCNC1=O)C(=O)COc1cccc(Cl)c1)C2(C)C)C(C)C. The van der Waals surface area contributed by atoms with E-state index in [2.05, 4.69) is 29.8 Å². The highest BCUT2D eigenvalue weighted by molar-refractivity contribution is 6.30. The molecular weight excluding hydrogens is 552 g/mol. The molecule has 3 fully saturated rings. The minimum absolute atomic E-state index is 0.106. The average molecular weight is 591 g/mol. The molecule has 3 aliphatic rings. The molecule has 1 aromatic rings. The van der Waals surface area contributed by atoms with Crippen LogP contribution in [-0.2, 0) is 23.9 Å². The topological polar surface area (TPSA) is 143 Å². The number of nitrogens with one attached hydrogen (secondary N) is 3. The normalized spacial score (nSPS) is 25.5. The summed E-state index contributed by atoms with van der Waals surface area (Å²) in [6, 6.07) is 3.92. The van der Waals surface area contributed by atoms with E-state index >= 15 is 0 Å². The van der Waals surface area contributed by atoms with Crippen molar-refractivity contribution in [3.63, 3.8) is 0 Å². The Morgan fingerprint density at radius 2 is 1.93 bits per heavy atom. The molecule has 12 heteroatoms. The predicted octanol–water partition coefficient (Wildman–Crippen LogP) is 2.16. The maximum absolute atomic E-state index is 13.9. The van der Waals surface area contributed by atoms with Gasteiger partial charge in [-0.3, -0.25) is 19.2 Å². The number of ether oxygens (including phenoxy) is 2. The molecule has 0 unspecified atom stereocenters. The van der Waals surface area contributed by atoms with Crippen LogP contribution in [0.1, 0.15) is 40.5 Å². The van der Waals surface area contributed by atoms with Crippen LogP contribution in [0.2, 0.25) is 5.02 Å². The summed E-state index contributed by atoms with van der Waals surface area (Å²) in [7, 11) is 1.22. The van der Waals surface area contributed by atoms with Crippen molar-refractivity contribution < 1.29 is 33.4 Å². The van der Waals surface area contributed by atoms with Gasteiger partial charge in [-0.25, -0.2) is 4.79 Å². The summed E-state index contributed by atoms with van der Waals surface area (Å²) >= 11 is 6.02. The van der Waals surface area contributed by atoms with Gasteiger partial charge in [-0.05, 0) is 54.2 Å². The molecule has 0 aromatic heterocycles. The Bertz CT molecular complexity index is 1210. The number of hydrogen-bond donors (Lipinski definition) is 3. The highest BCUT2D eigenvalue weighted by Gasteiger charge is 2.69. The second kappa shape index (κ2) is 12.3. The van der Waals surface area contributed by atoms with Crippen LogP contribution in [0.4, 0.5) is 4.79 Å². The van der Waals surface area contributed by atoms with Gasteiger partial charge in [0.05, 0.1) is 13.2 Å². The largest absolute Gasteiger partial charge is 0.486 e. The Morgan fingerprint density at radius 3 is 2.54 bits per heavy atom. The number of rotatable bonds is 11. The van der Waals surface area contributed by atoms with Gasteiger partial charge in [-0.15, -0.1) is 0 Å². The van der Waals surface area contributed by atoms with Crippen LogP contribution in [0, 0.1) is 29.1 Å². The van der Waals surface area contributed by atoms with Gasteiger partial charge in [0.25, 0.3) is 0 Å². The van der Waals surface area contributed by atoms with E-state index in [0.29, 0.717) is 30.3 Å². The summed E-state index contributed by atoms with van der Waals surface area (Å²) in [6.07, 6.45) is -0.0661. The third-order valence-corrected chi connectivity index (χ3v) is 8.95. The highest BCUT2D eigenvalue weighted by Crippen LogP contribution is 2.65. The van der Waals surface area contributed by atoms with Gasteiger partial charge < -0.3 is 30.3 Å². The summed E-state index contributed by atoms with van der Waals surface area (Å²) in [5.74, 6) is -1.68. The predicted molar refractivity (Wildman–Crippen MR) is 150 cm³/mol. The molecule has 1 saturated carbocycles. The van der Waals surface area contributed by atoms with E-state index in [4.69, 9.17) is 21.1 Å². The molecule has 0 bridgehead atoms. The number of alkyl carbamates (subject to hydrolysis) is 1. The van der Waals surface area contributed by atoms with E-state index in [9.17, 15) is 24.0 Å². The number of nitrogens with zero attached hydrogens (tertiary/aromatic N) is 1. The van der Waals surface area contributed by atoms with E-state index in [-0.39, 0.29) is 48.0 Å². The third-order valence-electron chi connectivity index (χ3n) is 8.72. The first kappa shape index (κ1) is 30.6. The zero-order chi connectivity index (χ0) is 30.1. The Labute approximate surface area is 245 Å². The number of hydrogen-bond acceptors (Lipinski definition) is 7. The van der Waals surface area contributed by atoms with E-state index in [1.165, 1.54) is 12.0 Å². The van der Waals surface area contributed by atoms with Crippen LogP contribution >= 0.6 is 11.6 Å². The summed E-state index contributed by atoms with van der Waals surface area (Å²) in [4.78, 5) is 66.8. The molecule has 224 valence electrons. The number of methoxy groups -OCH3 is 1. The summed E-state index contributed by atoms with van der Waals surface area (Å²) in [5.41, 5.74) is -0.164. The molecule has 3 N–H and O–H groups in total. The van der Waals surface area contributed by atoms with Crippen molar-refractivity contribution in [1.82, 2.24) is 20.9 Å². The second-order valence-corrected chi connectivity index (χ2v) is 12.5. The third kappa shape index (κ3) is 6.60. The van der Waals surface area contributed by atoms with Crippen molar-refractivity contribution in [2.45, 2.75) is 58.7 Å². The van der Waals surface area contributed by atoms with Crippen molar-refractivity contribution in [2.24, 2.45) is 29.1 Å². The van der Waals surface area contributed by atoms with Gasteiger partial charge in [-0.1, -0.05) is 45.4 Å². The molecule has 41 heavy (non-hydrogen) atoms. The van der Waals surface area contributed by atoms with Crippen molar-refractivity contribution >= 4 is 41.2 Å². The maximum Gasteiger partial charge on any atom is 0.407 e. The first-order valence-electron chi connectivity index (χ1n) is 14.0. The second-order valence-electron chi connectivity index (χ2n) is 12.0. The molecular formula is C29H39ClN4O7. The van der Waals surface area contributed by atoms with E-state index < -0.39 is 41.8 Å². The Balaban J connectivity index is 1.53. The number of amides is 4. The molecule has 6 atom stereocenters. The zero-order valence-corrected chi connectivity index (χ0v) is 24.8. The number of benzene rings is 1. The van der Waals surface area contributed by atoms with Gasteiger partial charge in [0.15, 0.2) is 5.78 Å². The lowest BCUT2D eigenvalue weighted by atomic mass is 9.94. The number of ketones is 1. The van der Waals surface area contributed by atoms with Crippen LogP contribution < -0.4 is 20.7 Å². The first-order chi connectivity index (χ1) is 19.3. The maximum atomic E-state index is 13.9. The van der Waals surface area contributed by atoms with E-state index in [1.54, 1.807) is 38.1 Å². The molecule has 0 radical (unpaired) electrons. The molecule has 11 nitrogen and oxygen atoms in total. The number of carbonyl (C=O) groups is 5. The minimum Gasteiger partial charge on any atom is -0.486 e. The lowest BCUT2D eigenvalue weighted by Gasteiger charge is -2.34. The standard InChI is InChI=1S/C29H39ClN4O7/c1-15(2)23(33-28(39)40-5)27(38)34-13-19-22(29(19,3)4)24(34)26(37)32-20(11-16-9-10-31-25(16)36)21(35)14-41-18-8-6-7-17(30)12-18/h6-8,12,15-16,19-20,22-24H,9-11,13-14H2,1-5H3,(H,31,36)(H,32,37)(H,33,39)/t16-,19-,20-,22-,23-,24-/m0/s1. The monoisotopic (exact) mass is 590 g/mol. The number of carbonyl (C=O) groups excluding carboxylic acids is 5. The smallest absolute Gasteiger partial charge is 0.407 e. The van der Waals surface area contributed by atoms with Crippen LogP contribution in [0.5, 0.6) is 5.75 Å². The lowest BCUT2D eigenvalue weighted by molar-refractivity contribution is -0.143. The number of Topliss-reactive ketones (excluding diaryl/α,β-unsaturated/α-hetero) is 1. The van der Waals surface area contributed by atoms with Crippen LogP contribution in [-0.4, -0.2) is 79.4 Å². The molecule has 1 aromatic carbocycles. The van der Waals surface area contributed by atoms with Gasteiger partial charge in [0, 0.05) is 24.0 Å². The van der Waals surface area contributed by atoms with Gasteiger partial charge >= 0.3 is 6.09 Å². The van der Waals surface area contributed by atoms with Crippen molar-refractivity contribution in [2.75, 3.05) is 26.8 Å². The number of halogens is 1. The molecule has 0 spiro atoms. The first-order valence-corrected chi connectivity index (χ1v) is 14.4. The molecule has 4 rings (SSSR count). The van der Waals surface area contributed by atoms with Gasteiger partial charge in [0.1, 0.15) is 24.4 Å². The summed E-state index contributed by atoms with van der Waals surface area (Å²) < 4.78 is 10.4. The molecule has 1 aliphatic carbocycles. The number of piperidine rings is 1. The van der Waals surface area contributed by atoms with Crippen molar-refractivity contribution in [3.05, 3.63) is 29.3 Å². The van der Waals surface area contributed by atoms with Crippen LogP contribution in [0.3, 0.4) is 0 Å². The van der Waals surface area contributed by atoms with Crippen molar-refractivity contribution in [3.8, 4) is 5.75 Å². The van der Waals surface area contributed by atoms with E-state index in [0.717, 1.165) is 0 Å². The fourth-order valence-electron chi connectivity index (χ4n) is 6.19. The van der Waals surface area contributed by atoms with Gasteiger partial charge in [0.2, 0.25) is 17.7 Å². The number of likely N-dealkylation sites (tertiary alicyclic amines) is 1. The molecule has 2 saturated heterocycles. The van der Waals surface area contributed by atoms with Crippen LogP contribution in [0.15, 0.2) is 24.3 Å². The zero-order valence-electron chi connectivity index (χ0n) is 24.1.